The molecular formula is C15H25NO5. The molecule has 0 heterocycles. The number of aliphatic hydroxyl groups excluding tert-OH is 1. The quantitative estimate of drug-likeness (QED) is 0.708. The largest absolute Gasteiger partial charge is 0.467 e. The zero-order valence-electron chi connectivity index (χ0n) is 12.9. The third-order valence-electron chi connectivity index (χ3n) is 3.74. The Labute approximate surface area is 125 Å². The molecule has 120 valence electrons. The van der Waals surface area contributed by atoms with E-state index in [2.05, 4.69) is 5.32 Å². The van der Waals surface area contributed by atoms with Crippen molar-refractivity contribution in [3.05, 3.63) is 0 Å². The lowest BCUT2D eigenvalue weighted by Gasteiger charge is -2.29. The van der Waals surface area contributed by atoms with Crippen molar-refractivity contribution in [1.82, 2.24) is 5.32 Å². The van der Waals surface area contributed by atoms with Gasteiger partial charge in [0.1, 0.15) is 17.9 Å². The van der Waals surface area contributed by atoms with Crippen molar-refractivity contribution in [1.29, 1.82) is 0 Å². The minimum absolute atomic E-state index is 0.0946. The van der Waals surface area contributed by atoms with Gasteiger partial charge in [-0.25, -0.2) is 4.79 Å². The van der Waals surface area contributed by atoms with Crippen LogP contribution in [0.2, 0.25) is 0 Å². The Kier molecular flexibility index (Phi) is 6.81. The van der Waals surface area contributed by atoms with E-state index >= 15 is 0 Å². The molecule has 0 aromatic carbocycles. The normalized spacial score (nSPS) is 21.8. The molecule has 6 heteroatoms. The number of Topliss-reactive ketones (excluding diaryl/α,β-unsaturated/α-hetero) is 1. The first-order valence-corrected chi connectivity index (χ1v) is 7.43. The molecule has 1 aliphatic carbocycles. The number of amides is 1. The van der Waals surface area contributed by atoms with Gasteiger partial charge in [-0.3, -0.25) is 9.59 Å². The highest BCUT2D eigenvalue weighted by atomic mass is 16.5. The summed E-state index contributed by atoms with van der Waals surface area (Å²) in [5, 5.41) is 12.4. The van der Waals surface area contributed by atoms with Crippen LogP contribution < -0.4 is 5.32 Å². The van der Waals surface area contributed by atoms with E-state index in [1.54, 1.807) is 0 Å². The van der Waals surface area contributed by atoms with Crippen LogP contribution in [0.4, 0.5) is 0 Å². The van der Waals surface area contributed by atoms with Gasteiger partial charge in [0.25, 0.3) is 0 Å². The third-order valence-corrected chi connectivity index (χ3v) is 3.74. The predicted octanol–water partition coefficient (Wildman–Crippen LogP) is 0.810. The van der Waals surface area contributed by atoms with E-state index in [0.717, 1.165) is 0 Å². The van der Waals surface area contributed by atoms with Crippen molar-refractivity contribution in [2.45, 2.75) is 58.1 Å². The molecule has 1 aliphatic rings. The molecule has 0 bridgehead atoms. The molecule has 2 N–H and O–H groups in total. The summed E-state index contributed by atoms with van der Waals surface area (Å²) < 4.78 is 4.72. The van der Waals surface area contributed by atoms with Crippen LogP contribution >= 0.6 is 0 Å². The molecule has 0 radical (unpaired) electrons. The first-order chi connectivity index (χ1) is 9.85. The van der Waals surface area contributed by atoms with Gasteiger partial charge in [0.15, 0.2) is 0 Å². The summed E-state index contributed by atoms with van der Waals surface area (Å²) >= 11 is 0. The van der Waals surface area contributed by atoms with E-state index in [1.165, 1.54) is 7.11 Å². The van der Waals surface area contributed by atoms with Crippen LogP contribution in [0.25, 0.3) is 0 Å². The Morgan fingerprint density at radius 2 is 2.10 bits per heavy atom. The van der Waals surface area contributed by atoms with Crippen molar-refractivity contribution >= 4 is 17.7 Å². The third kappa shape index (κ3) is 5.46. The second-order valence-corrected chi connectivity index (χ2v) is 6.05. The maximum Gasteiger partial charge on any atom is 0.328 e. The van der Waals surface area contributed by atoms with Gasteiger partial charge in [-0.15, -0.1) is 0 Å². The molecule has 6 nitrogen and oxygen atoms in total. The average Bonchev–Trinajstić information content (AvgIpc) is 2.42. The lowest BCUT2D eigenvalue weighted by Crippen LogP contribution is -2.51. The number of carbonyl (C=O) groups is 3. The maximum atomic E-state index is 12.0. The second-order valence-electron chi connectivity index (χ2n) is 6.05. The first kappa shape index (κ1) is 17.6. The molecule has 0 aromatic rings. The smallest absolute Gasteiger partial charge is 0.328 e. The Balaban J connectivity index is 2.72. The van der Waals surface area contributed by atoms with Gasteiger partial charge in [0.2, 0.25) is 5.91 Å². The van der Waals surface area contributed by atoms with E-state index in [-0.39, 0.29) is 24.0 Å². The molecule has 0 aromatic heterocycles. The highest BCUT2D eigenvalue weighted by molar-refractivity contribution is 5.88. The van der Waals surface area contributed by atoms with Crippen LogP contribution in [0.3, 0.4) is 0 Å². The van der Waals surface area contributed by atoms with E-state index in [1.807, 2.05) is 13.8 Å². The highest BCUT2D eigenvalue weighted by Crippen LogP contribution is 2.25. The Bertz CT molecular complexity index is 394. The van der Waals surface area contributed by atoms with Gasteiger partial charge in [-0.1, -0.05) is 13.8 Å². The van der Waals surface area contributed by atoms with Gasteiger partial charge in [0, 0.05) is 12.8 Å². The minimum atomic E-state index is -1.16. The summed E-state index contributed by atoms with van der Waals surface area (Å²) in [5.41, 5.74) is 0. The number of esters is 1. The number of nitrogens with one attached hydrogen (secondary N) is 1. The Morgan fingerprint density at radius 1 is 1.43 bits per heavy atom. The molecule has 1 amide bonds. The van der Waals surface area contributed by atoms with Gasteiger partial charge in [-0.2, -0.15) is 0 Å². The highest BCUT2D eigenvalue weighted by Gasteiger charge is 2.35. The summed E-state index contributed by atoms with van der Waals surface area (Å²) in [4.78, 5) is 35.4. The molecule has 1 rings (SSSR count). The fraction of sp³-hybridized carbons (Fsp3) is 0.800. The van der Waals surface area contributed by atoms with Crippen LogP contribution in [0, 0.1) is 11.8 Å². The van der Waals surface area contributed by atoms with E-state index in [0.29, 0.717) is 25.7 Å². The molecule has 0 unspecified atom stereocenters. The zero-order chi connectivity index (χ0) is 16.0. The number of aliphatic hydroxyl groups is 1. The lowest BCUT2D eigenvalue weighted by atomic mass is 9.83. The summed E-state index contributed by atoms with van der Waals surface area (Å²) in [6, 6.07) is -0.867. The number of ether oxygens (including phenoxy) is 1. The van der Waals surface area contributed by atoms with Crippen molar-refractivity contribution in [3.8, 4) is 0 Å². The summed E-state index contributed by atoms with van der Waals surface area (Å²) in [6.45, 7) is 3.79. The number of hydrogen-bond acceptors (Lipinski definition) is 5. The molecule has 0 saturated heterocycles. The van der Waals surface area contributed by atoms with Crippen molar-refractivity contribution in [2.24, 2.45) is 11.8 Å². The van der Waals surface area contributed by atoms with Crippen molar-refractivity contribution in [2.75, 3.05) is 7.11 Å². The van der Waals surface area contributed by atoms with Crippen LogP contribution in [0.1, 0.15) is 46.0 Å². The SMILES string of the molecule is COC(=O)[C@@H](NC(=O)[C@H](O)CC(C)C)[C@@H]1CCCC(=O)C1. The average molecular weight is 299 g/mol. The van der Waals surface area contributed by atoms with Crippen LogP contribution in [0.15, 0.2) is 0 Å². The van der Waals surface area contributed by atoms with Crippen LogP contribution in [-0.2, 0) is 19.1 Å². The van der Waals surface area contributed by atoms with Crippen LogP contribution in [0.5, 0.6) is 0 Å². The number of rotatable bonds is 6. The predicted molar refractivity (Wildman–Crippen MR) is 76.4 cm³/mol. The van der Waals surface area contributed by atoms with Gasteiger partial charge in [0.05, 0.1) is 7.11 Å². The molecule has 1 saturated carbocycles. The van der Waals surface area contributed by atoms with Gasteiger partial charge >= 0.3 is 5.97 Å². The Hall–Kier alpha value is -1.43. The summed E-state index contributed by atoms with van der Waals surface area (Å²) in [6.07, 6.45) is 1.35. The molecular weight excluding hydrogens is 274 g/mol. The Morgan fingerprint density at radius 3 is 2.62 bits per heavy atom. The number of methoxy groups -OCH3 is 1. The fourth-order valence-electron chi connectivity index (χ4n) is 2.64. The van der Waals surface area contributed by atoms with Crippen molar-refractivity contribution < 1.29 is 24.2 Å². The number of carbonyl (C=O) groups excluding carboxylic acids is 3. The molecule has 3 atom stereocenters. The zero-order valence-corrected chi connectivity index (χ0v) is 12.9. The van der Waals surface area contributed by atoms with E-state index in [9.17, 15) is 19.5 Å². The molecule has 21 heavy (non-hydrogen) atoms. The van der Waals surface area contributed by atoms with E-state index in [4.69, 9.17) is 4.74 Å². The van der Waals surface area contributed by atoms with Crippen LogP contribution in [-0.4, -0.2) is 42.0 Å². The van der Waals surface area contributed by atoms with E-state index < -0.39 is 24.0 Å². The fourth-order valence-corrected chi connectivity index (χ4v) is 2.64. The summed E-state index contributed by atoms with van der Waals surface area (Å²) in [7, 11) is 1.25. The number of ketones is 1. The second kappa shape index (κ2) is 8.12. The summed E-state index contributed by atoms with van der Waals surface area (Å²) in [5.74, 6) is -1.15. The topological polar surface area (TPSA) is 92.7 Å². The maximum absolute atomic E-state index is 12.0. The monoisotopic (exact) mass is 299 g/mol. The van der Waals surface area contributed by atoms with Crippen molar-refractivity contribution in [3.63, 3.8) is 0 Å². The standard InChI is InChI=1S/C15H25NO5/c1-9(2)7-12(18)14(19)16-13(15(20)21-3)10-5-4-6-11(17)8-10/h9-10,12-13,18H,4-8H2,1-3H3,(H,16,19)/t10-,12-,13+/m1/s1. The lowest BCUT2D eigenvalue weighted by molar-refractivity contribution is -0.148. The number of hydrogen-bond donors (Lipinski definition) is 2. The first-order valence-electron chi connectivity index (χ1n) is 7.43. The molecule has 0 aliphatic heterocycles. The minimum Gasteiger partial charge on any atom is -0.467 e. The van der Waals surface area contributed by atoms with Gasteiger partial charge in [-0.05, 0) is 31.1 Å². The molecule has 0 spiro atoms. The molecule has 1 fully saturated rings. The van der Waals surface area contributed by atoms with Gasteiger partial charge < -0.3 is 15.2 Å².